The zero-order chi connectivity index (χ0) is 18.2. The molecule has 2 aromatic rings. The van der Waals surface area contributed by atoms with Crippen LogP contribution in [-0.4, -0.2) is 29.6 Å². The first-order valence-corrected chi connectivity index (χ1v) is 8.05. The third-order valence-corrected chi connectivity index (χ3v) is 3.79. The molecule has 1 aromatic carbocycles. The second-order valence-corrected chi connectivity index (χ2v) is 5.73. The van der Waals surface area contributed by atoms with Crippen molar-refractivity contribution < 1.29 is 14.3 Å². The summed E-state index contributed by atoms with van der Waals surface area (Å²) in [4.78, 5) is 23.2. The summed E-state index contributed by atoms with van der Waals surface area (Å²) in [5.74, 6) is -0.636. The van der Waals surface area contributed by atoms with Crippen molar-refractivity contribution in [3.8, 4) is 6.07 Å². The predicted octanol–water partition coefficient (Wildman–Crippen LogP) is 2.64. The van der Waals surface area contributed by atoms with E-state index in [0.29, 0.717) is 13.0 Å². The maximum Gasteiger partial charge on any atom is 0.307 e. The molecule has 0 aliphatic heterocycles. The van der Waals surface area contributed by atoms with Crippen LogP contribution in [0.3, 0.4) is 0 Å². The summed E-state index contributed by atoms with van der Waals surface area (Å²) in [6.45, 7) is 2.35. The third-order valence-electron chi connectivity index (χ3n) is 3.79. The molecular formula is C19H21N3O3. The van der Waals surface area contributed by atoms with Gasteiger partial charge in [0.05, 0.1) is 26.0 Å². The van der Waals surface area contributed by atoms with Gasteiger partial charge in [-0.1, -0.05) is 18.2 Å². The van der Waals surface area contributed by atoms with Crippen molar-refractivity contribution in [2.24, 2.45) is 0 Å². The van der Waals surface area contributed by atoms with Crippen LogP contribution in [0.25, 0.3) is 17.0 Å². The summed E-state index contributed by atoms with van der Waals surface area (Å²) in [5.41, 5.74) is 1.93. The van der Waals surface area contributed by atoms with E-state index in [0.717, 1.165) is 16.5 Å². The fourth-order valence-electron chi connectivity index (χ4n) is 2.60. The predicted molar refractivity (Wildman–Crippen MR) is 95.4 cm³/mol. The maximum absolute atomic E-state index is 12.0. The molecular weight excluding hydrogens is 318 g/mol. The van der Waals surface area contributed by atoms with E-state index in [1.54, 1.807) is 13.0 Å². The van der Waals surface area contributed by atoms with Gasteiger partial charge in [-0.05, 0) is 19.1 Å². The van der Waals surface area contributed by atoms with Crippen molar-refractivity contribution >= 4 is 28.9 Å². The van der Waals surface area contributed by atoms with Crippen molar-refractivity contribution in [1.82, 2.24) is 9.88 Å². The van der Waals surface area contributed by atoms with Crippen LogP contribution >= 0.6 is 0 Å². The van der Waals surface area contributed by atoms with Gasteiger partial charge in [-0.3, -0.25) is 9.59 Å². The molecule has 0 aliphatic rings. The van der Waals surface area contributed by atoms with Gasteiger partial charge in [-0.25, -0.2) is 0 Å². The van der Waals surface area contributed by atoms with Gasteiger partial charge in [0.2, 0.25) is 5.91 Å². The molecule has 1 unspecified atom stereocenters. The lowest BCUT2D eigenvalue weighted by Gasteiger charge is -2.10. The normalized spacial score (nSPS) is 12.0. The molecule has 0 saturated carbocycles. The monoisotopic (exact) mass is 339 g/mol. The highest BCUT2D eigenvalue weighted by Gasteiger charge is 2.11. The highest BCUT2D eigenvalue weighted by Crippen LogP contribution is 2.22. The highest BCUT2D eigenvalue weighted by atomic mass is 16.5. The Bertz CT molecular complexity index is 830. The molecule has 130 valence electrons. The summed E-state index contributed by atoms with van der Waals surface area (Å²) in [6.07, 6.45) is 5.68. The number of aryl methyl sites for hydroxylation is 1. The number of carbonyl (C=O) groups is 2. The second kappa shape index (κ2) is 8.69. The molecule has 1 atom stereocenters. The summed E-state index contributed by atoms with van der Waals surface area (Å²) in [6, 6.07) is 9.69. The average molecular weight is 339 g/mol. The first-order valence-electron chi connectivity index (χ1n) is 8.05. The smallest absolute Gasteiger partial charge is 0.307 e. The lowest BCUT2D eigenvalue weighted by atomic mass is 10.1. The number of rotatable bonds is 7. The molecule has 1 N–H and O–H groups in total. The molecule has 0 radical (unpaired) electrons. The van der Waals surface area contributed by atoms with Gasteiger partial charge in [0.25, 0.3) is 0 Å². The van der Waals surface area contributed by atoms with Gasteiger partial charge in [0, 0.05) is 41.3 Å². The quantitative estimate of drug-likeness (QED) is 0.621. The number of nitrogens with zero attached hydrogens (tertiary/aromatic N) is 2. The lowest BCUT2D eigenvalue weighted by Crippen LogP contribution is -2.33. The van der Waals surface area contributed by atoms with E-state index in [1.807, 2.05) is 35.0 Å². The molecule has 25 heavy (non-hydrogen) atoms. The van der Waals surface area contributed by atoms with Crippen LogP contribution in [-0.2, 0) is 20.9 Å². The number of aromatic nitrogens is 1. The molecule has 0 aliphatic carbocycles. The third kappa shape index (κ3) is 4.95. The van der Waals surface area contributed by atoms with E-state index in [9.17, 15) is 9.59 Å². The molecule has 2 rings (SSSR count). The van der Waals surface area contributed by atoms with E-state index in [4.69, 9.17) is 5.26 Å². The van der Waals surface area contributed by atoms with Crippen LogP contribution in [0.15, 0.2) is 36.5 Å². The van der Waals surface area contributed by atoms with Gasteiger partial charge in [-0.2, -0.15) is 5.26 Å². The number of amides is 1. The topological polar surface area (TPSA) is 84.1 Å². The fourth-order valence-corrected chi connectivity index (χ4v) is 2.60. The molecule has 0 fully saturated rings. The van der Waals surface area contributed by atoms with Gasteiger partial charge >= 0.3 is 5.97 Å². The van der Waals surface area contributed by atoms with Crippen molar-refractivity contribution in [1.29, 1.82) is 5.26 Å². The summed E-state index contributed by atoms with van der Waals surface area (Å²) in [7, 11) is 1.32. The number of nitrogens with one attached hydrogen (secondary N) is 1. The number of hydrogen-bond donors (Lipinski definition) is 1. The van der Waals surface area contributed by atoms with Crippen molar-refractivity contribution in [3.63, 3.8) is 0 Å². The minimum Gasteiger partial charge on any atom is -0.469 e. The first kappa shape index (κ1) is 18.3. The minimum atomic E-state index is -0.364. The molecule has 1 heterocycles. The summed E-state index contributed by atoms with van der Waals surface area (Å²) >= 11 is 0. The number of benzene rings is 1. The Balaban J connectivity index is 2.11. The Hall–Kier alpha value is -3.07. The van der Waals surface area contributed by atoms with E-state index in [1.165, 1.54) is 13.2 Å². The Kier molecular flexibility index (Phi) is 6.35. The summed E-state index contributed by atoms with van der Waals surface area (Å²) in [5, 5.41) is 12.5. The number of nitriles is 1. The van der Waals surface area contributed by atoms with Gasteiger partial charge < -0.3 is 14.6 Å². The molecule has 0 saturated heterocycles. The van der Waals surface area contributed by atoms with Crippen LogP contribution in [0.2, 0.25) is 0 Å². The van der Waals surface area contributed by atoms with Crippen LogP contribution in [0.5, 0.6) is 0 Å². The number of fused-ring (bicyclic) bond motifs is 1. The second-order valence-electron chi connectivity index (χ2n) is 5.73. The van der Waals surface area contributed by atoms with Crippen LogP contribution < -0.4 is 5.32 Å². The van der Waals surface area contributed by atoms with E-state index >= 15 is 0 Å². The fraction of sp³-hybridized carbons (Fsp3) is 0.316. The molecule has 1 amide bonds. The number of esters is 1. The number of para-hydroxylation sites is 1. The zero-order valence-electron chi connectivity index (χ0n) is 14.4. The van der Waals surface area contributed by atoms with E-state index < -0.39 is 0 Å². The SMILES string of the molecule is COC(=O)CC(C)NC(=O)/C=C/c1cn(CCC#N)c2ccccc12. The lowest BCUT2D eigenvalue weighted by molar-refractivity contribution is -0.141. The zero-order valence-corrected chi connectivity index (χ0v) is 14.4. The van der Waals surface area contributed by atoms with Crippen LogP contribution in [0, 0.1) is 11.3 Å². The summed E-state index contributed by atoms with van der Waals surface area (Å²) < 4.78 is 6.59. The van der Waals surface area contributed by atoms with Gasteiger partial charge in [-0.15, -0.1) is 0 Å². The Morgan fingerprint density at radius 1 is 1.40 bits per heavy atom. The number of hydrogen-bond acceptors (Lipinski definition) is 4. The van der Waals surface area contributed by atoms with Crippen molar-refractivity contribution in [3.05, 3.63) is 42.1 Å². The molecule has 0 spiro atoms. The average Bonchev–Trinajstić information content (AvgIpc) is 2.96. The largest absolute Gasteiger partial charge is 0.469 e. The number of carbonyl (C=O) groups excluding carboxylic acids is 2. The molecule has 1 aromatic heterocycles. The van der Waals surface area contributed by atoms with Crippen LogP contribution in [0.1, 0.15) is 25.3 Å². The first-order chi connectivity index (χ1) is 12.0. The Morgan fingerprint density at radius 2 is 2.16 bits per heavy atom. The minimum absolute atomic E-state index is 0.129. The van der Waals surface area contributed by atoms with E-state index in [-0.39, 0.29) is 24.3 Å². The van der Waals surface area contributed by atoms with Crippen molar-refractivity contribution in [2.75, 3.05) is 7.11 Å². The maximum atomic E-state index is 12.0. The highest BCUT2D eigenvalue weighted by molar-refractivity contribution is 5.96. The Morgan fingerprint density at radius 3 is 2.88 bits per heavy atom. The van der Waals surface area contributed by atoms with Crippen molar-refractivity contribution in [2.45, 2.75) is 32.4 Å². The standard InChI is InChI=1S/C19H21N3O3/c1-14(12-19(24)25-2)21-18(23)9-8-15-13-22(11-5-10-20)17-7-4-3-6-16(15)17/h3-4,6-9,13-14H,5,11-12H2,1-2H3,(H,21,23)/b9-8+. The van der Waals surface area contributed by atoms with Gasteiger partial charge in [0.1, 0.15) is 0 Å². The molecule has 0 bridgehead atoms. The number of methoxy groups -OCH3 is 1. The van der Waals surface area contributed by atoms with Gasteiger partial charge in [0.15, 0.2) is 0 Å². The molecule has 6 nitrogen and oxygen atoms in total. The Labute approximate surface area is 146 Å². The van der Waals surface area contributed by atoms with Crippen LogP contribution in [0.4, 0.5) is 0 Å². The molecule has 6 heteroatoms. The van der Waals surface area contributed by atoms with E-state index in [2.05, 4.69) is 16.1 Å². The number of ether oxygens (including phenoxy) is 1.